The van der Waals surface area contributed by atoms with Gasteiger partial charge in [0.25, 0.3) is 0 Å². The van der Waals surface area contributed by atoms with Crippen molar-refractivity contribution in [2.75, 3.05) is 11.5 Å². The summed E-state index contributed by atoms with van der Waals surface area (Å²) in [6.45, 7) is 1.98. The number of aromatic nitrogens is 2. The summed E-state index contributed by atoms with van der Waals surface area (Å²) < 4.78 is 2.11. The number of hydrogen-bond donors (Lipinski definition) is 0. The SMILES string of the molecule is Cc1cc(SCCSc2ccc(Cl)cc2)n2c(nc3ccccc32)c1C#N. The van der Waals surface area contributed by atoms with Gasteiger partial charge < -0.3 is 0 Å². The highest BCUT2D eigenvalue weighted by Crippen LogP contribution is 2.30. The largest absolute Gasteiger partial charge is 0.286 e. The molecule has 27 heavy (non-hydrogen) atoms. The molecule has 0 saturated heterocycles. The first-order valence-electron chi connectivity index (χ1n) is 8.49. The Morgan fingerprint density at radius 1 is 1.07 bits per heavy atom. The second kappa shape index (κ2) is 7.85. The maximum atomic E-state index is 9.57. The molecule has 134 valence electrons. The minimum absolute atomic E-state index is 0.645. The Bertz CT molecular complexity index is 1160. The minimum atomic E-state index is 0.645. The zero-order chi connectivity index (χ0) is 18.8. The van der Waals surface area contributed by atoms with Crippen molar-refractivity contribution in [2.24, 2.45) is 0 Å². The van der Waals surface area contributed by atoms with Crippen LogP contribution in [0.25, 0.3) is 16.7 Å². The van der Waals surface area contributed by atoms with E-state index in [1.54, 1.807) is 11.8 Å². The Kier molecular flexibility index (Phi) is 5.31. The highest BCUT2D eigenvalue weighted by molar-refractivity contribution is 8.03. The third-order valence-corrected chi connectivity index (χ3v) is 6.80. The molecular weight excluding hydrogens is 394 g/mol. The highest BCUT2D eigenvalue weighted by Gasteiger charge is 2.15. The lowest BCUT2D eigenvalue weighted by Crippen LogP contribution is -1.98. The fourth-order valence-electron chi connectivity index (χ4n) is 3.00. The Hall–Kier alpha value is -2.13. The number of aryl methyl sites for hydroxylation is 1. The molecule has 0 aliphatic carbocycles. The first-order chi connectivity index (χ1) is 13.2. The number of nitriles is 1. The van der Waals surface area contributed by atoms with Crippen molar-refractivity contribution in [2.45, 2.75) is 16.8 Å². The average Bonchev–Trinajstić information content (AvgIpc) is 3.06. The lowest BCUT2D eigenvalue weighted by molar-refractivity contribution is 1.04. The number of thioether (sulfide) groups is 2. The molecule has 0 amide bonds. The molecule has 0 aliphatic heterocycles. The van der Waals surface area contributed by atoms with E-state index in [2.05, 4.69) is 22.6 Å². The van der Waals surface area contributed by atoms with Crippen LogP contribution in [0.5, 0.6) is 0 Å². The van der Waals surface area contributed by atoms with Crippen molar-refractivity contribution in [1.29, 1.82) is 5.26 Å². The molecule has 0 spiro atoms. The van der Waals surface area contributed by atoms with Gasteiger partial charge in [0.15, 0.2) is 5.65 Å². The van der Waals surface area contributed by atoms with Gasteiger partial charge in [-0.15, -0.1) is 23.5 Å². The van der Waals surface area contributed by atoms with E-state index in [0.29, 0.717) is 5.56 Å². The second-order valence-electron chi connectivity index (χ2n) is 6.06. The maximum Gasteiger partial charge on any atom is 0.157 e. The van der Waals surface area contributed by atoms with Crippen molar-refractivity contribution < 1.29 is 0 Å². The summed E-state index contributed by atoms with van der Waals surface area (Å²) in [5.74, 6) is 1.94. The number of fused-ring (bicyclic) bond motifs is 3. The van der Waals surface area contributed by atoms with Gasteiger partial charge in [-0.1, -0.05) is 23.7 Å². The molecule has 0 aliphatic rings. The average molecular weight is 410 g/mol. The van der Waals surface area contributed by atoms with Gasteiger partial charge >= 0.3 is 0 Å². The fraction of sp³-hybridized carbons (Fsp3) is 0.143. The van der Waals surface area contributed by atoms with Crippen LogP contribution in [-0.2, 0) is 0 Å². The summed E-state index contributed by atoms with van der Waals surface area (Å²) in [7, 11) is 0. The van der Waals surface area contributed by atoms with E-state index in [1.807, 2.05) is 61.2 Å². The van der Waals surface area contributed by atoms with Crippen molar-refractivity contribution in [3.05, 3.63) is 70.7 Å². The van der Waals surface area contributed by atoms with Gasteiger partial charge in [0.2, 0.25) is 0 Å². The van der Waals surface area contributed by atoms with Gasteiger partial charge in [0.1, 0.15) is 6.07 Å². The minimum Gasteiger partial charge on any atom is -0.286 e. The number of nitrogens with zero attached hydrogens (tertiary/aromatic N) is 3. The Labute approximate surface area is 171 Å². The van der Waals surface area contributed by atoms with Gasteiger partial charge in [0.05, 0.1) is 21.6 Å². The molecule has 4 aromatic rings. The number of hydrogen-bond acceptors (Lipinski definition) is 4. The highest BCUT2D eigenvalue weighted by atomic mass is 35.5. The summed E-state index contributed by atoms with van der Waals surface area (Å²) >= 11 is 9.55. The second-order valence-corrected chi connectivity index (χ2v) is 8.78. The van der Waals surface area contributed by atoms with Crippen LogP contribution in [0, 0.1) is 18.3 Å². The summed E-state index contributed by atoms with van der Waals surface area (Å²) in [6.07, 6.45) is 0. The topological polar surface area (TPSA) is 41.1 Å². The summed E-state index contributed by atoms with van der Waals surface area (Å²) in [5, 5.41) is 11.4. The quantitative estimate of drug-likeness (QED) is 0.290. The standard InChI is InChI=1S/C21H16ClN3S2/c1-14-12-20(27-11-10-26-16-8-6-15(22)7-9-16)25-19-5-3-2-4-18(19)24-21(25)17(14)13-23/h2-9,12H,10-11H2,1H3. The molecule has 4 rings (SSSR count). The molecule has 2 aromatic carbocycles. The first-order valence-corrected chi connectivity index (χ1v) is 10.8. The van der Waals surface area contributed by atoms with E-state index >= 15 is 0 Å². The normalized spacial score (nSPS) is 11.1. The van der Waals surface area contributed by atoms with Crippen molar-refractivity contribution in [3.63, 3.8) is 0 Å². The summed E-state index contributed by atoms with van der Waals surface area (Å²) in [6, 6.07) is 20.4. The van der Waals surface area contributed by atoms with E-state index in [9.17, 15) is 5.26 Å². The molecule has 0 radical (unpaired) electrons. The number of imidazole rings is 1. The lowest BCUT2D eigenvalue weighted by atomic mass is 10.2. The monoisotopic (exact) mass is 409 g/mol. The first kappa shape index (κ1) is 18.2. The van der Waals surface area contributed by atoms with Crippen molar-refractivity contribution in [1.82, 2.24) is 9.38 Å². The van der Waals surface area contributed by atoms with Crippen LogP contribution in [0.3, 0.4) is 0 Å². The van der Waals surface area contributed by atoms with Crippen molar-refractivity contribution >= 4 is 51.8 Å². The van der Waals surface area contributed by atoms with Gasteiger partial charge in [-0.05, 0) is 55.0 Å². The molecule has 3 nitrogen and oxygen atoms in total. The number of pyridine rings is 1. The van der Waals surface area contributed by atoms with E-state index in [-0.39, 0.29) is 0 Å². The molecule has 2 aromatic heterocycles. The number of benzene rings is 2. The molecule has 0 fully saturated rings. The van der Waals surface area contributed by atoms with Crippen LogP contribution in [-0.4, -0.2) is 20.9 Å². The Morgan fingerprint density at radius 2 is 1.81 bits per heavy atom. The van der Waals surface area contributed by atoms with Crippen LogP contribution < -0.4 is 0 Å². The summed E-state index contributed by atoms with van der Waals surface area (Å²) in [4.78, 5) is 5.92. The van der Waals surface area contributed by atoms with Crippen LogP contribution in [0.1, 0.15) is 11.1 Å². The molecule has 0 N–H and O–H groups in total. The van der Waals surface area contributed by atoms with Crippen molar-refractivity contribution in [3.8, 4) is 6.07 Å². The smallest absolute Gasteiger partial charge is 0.157 e. The molecule has 0 bridgehead atoms. The molecular formula is C21H16ClN3S2. The molecule has 0 saturated carbocycles. The summed E-state index contributed by atoms with van der Waals surface area (Å²) in [5.41, 5.74) is 4.31. The van der Waals surface area contributed by atoms with Crippen LogP contribution in [0.2, 0.25) is 5.02 Å². The Balaban J connectivity index is 1.61. The van der Waals surface area contributed by atoms with Gasteiger partial charge in [0, 0.05) is 21.4 Å². The molecule has 2 heterocycles. The number of halogens is 1. The predicted molar refractivity (Wildman–Crippen MR) is 115 cm³/mol. The molecule has 0 atom stereocenters. The lowest BCUT2D eigenvalue weighted by Gasteiger charge is -2.10. The number of rotatable bonds is 5. The van der Waals surface area contributed by atoms with Crippen LogP contribution >= 0.6 is 35.1 Å². The third-order valence-electron chi connectivity index (χ3n) is 4.27. The fourth-order valence-corrected chi connectivity index (χ4v) is 5.14. The molecule has 0 unspecified atom stereocenters. The zero-order valence-electron chi connectivity index (χ0n) is 14.6. The Morgan fingerprint density at radius 3 is 2.59 bits per heavy atom. The molecule has 6 heteroatoms. The zero-order valence-corrected chi connectivity index (χ0v) is 17.0. The van der Waals surface area contributed by atoms with E-state index in [1.165, 1.54) is 4.90 Å². The van der Waals surface area contributed by atoms with E-state index in [4.69, 9.17) is 16.6 Å². The van der Waals surface area contributed by atoms with Gasteiger partial charge in [-0.3, -0.25) is 4.40 Å². The number of para-hydroxylation sites is 2. The maximum absolute atomic E-state index is 9.57. The van der Waals surface area contributed by atoms with Crippen LogP contribution in [0.15, 0.2) is 64.5 Å². The van der Waals surface area contributed by atoms with Crippen LogP contribution in [0.4, 0.5) is 0 Å². The van der Waals surface area contributed by atoms with Gasteiger partial charge in [-0.2, -0.15) is 5.26 Å². The van der Waals surface area contributed by atoms with E-state index < -0.39 is 0 Å². The predicted octanol–water partition coefficient (Wildman–Crippen LogP) is 6.21. The van der Waals surface area contributed by atoms with E-state index in [0.717, 1.165) is 43.8 Å². The third kappa shape index (κ3) is 3.66. The van der Waals surface area contributed by atoms with Gasteiger partial charge in [-0.25, -0.2) is 4.98 Å².